The third kappa shape index (κ3) is 2.87. The van der Waals surface area contributed by atoms with Gasteiger partial charge in [0, 0.05) is 13.1 Å². The van der Waals surface area contributed by atoms with Crippen molar-refractivity contribution in [3.8, 4) is 0 Å². The van der Waals surface area contributed by atoms with Gasteiger partial charge in [-0.1, -0.05) is 0 Å². The van der Waals surface area contributed by atoms with Gasteiger partial charge in [-0.25, -0.2) is 0 Å². The van der Waals surface area contributed by atoms with E-state index >= 15 is 0 Å². The highest BCUT2D eigenvalue weighted by Gasteiger charge is 2.21. The second-order valence-corrected chi connectivity index (χ2v) is 5.37. The normalized spacial score (nSPS) is 18.3. The highest BCUT2D eigenvalue weighted by molar-refractivity contribution is 9.10. The van der Waals surface area contributed by atoms with Crippen LogP contribution in [0, 0.1) is 0 Å². The van der Waals surface area contributed by atoms with Crippen molar-refractivity contribution in [3.05, 3.63) is 16.4 Å². The Balaban J connectivity index is 1.98. The van der Waals surface area contributed by atoms with Crippen LogP contribution in [0.3, 0.4) is 0 Å². The van der Waals surface area contributed by atoms with Gasteiger partial charge in [0.2, 0.25) is 0 Å². The highest BCUT2D eigenvalue weighted by atomic mass is 79.9. The molecule has 1 aromatic rings. The maximum atomic E-state index is 12.1. The molecule has 1 aliphatic heterocycles. The molecule has 2 heterocycles. The number of likely N-dealkylation sites (tertiary alicyclic amines) is 1. The van der Waals surface area contributed by atoms with Gasteiger partial charge in [0.15, 0.2) is 0 Å². The number of piperidine rings is 1. The lowest BCUT2D eigenvalue weighted by molar-refractivity contribution is 0.0906. The van der Waals surface area contributed by atoms with Crippen LogP contribution in [0.1, 0.15) is 23.3 Å². The number of carbonyl (C=O) groups is 1. The number of carbonyl (C=O) groups excluding carboxylic acids is 1. The van der Waals surface area contributed by atoms with E-state index in [-0.39, 0.29) is 11.9 Å². The van der Waals surface area contributed by atoms with Gasteiger partial charge in [-0.3, -0.25) is 9.48 Å². The van der Waals surface area contributed by atoms with Crippen molar-refractivity contribution >= 4 is 21.8 Å². The van der Waals surface area contributed by atoms with Crippen LogP contribution in [-0.4, -0.2) is 46.8 Å². The molecule has 1 aliphatic rings. The molecule has 0 aliphatic carbocycles. The second-order valence-electron chi connectivity index (χ2n) is 4.52. The first-order valence-electron chi connectivity index (χ1n) is 5.75. The molecule has 1 amide bonds. The molecule has 1 aromatic heterocycles. The molecule has 0 saturated carbocycles. The lowest BCUT2D eigenvalue weighted by Gasteiger charge is -2.29. The number of hydrogen-bond donors (Lipinski definition) is 1. The molecule has 1 fully saturated rings. The quantitative estimate of drug-likeness (QED) is 0.887. The molecule has 0 unspecified atom stereocenters. The van der Waals surface area contributed by atoms with E-state index in [0.717, 1.165) is 30.4 Å². The summed E-state index contributed by atoms with van der Waals surface area (Å²) >= 11 is 3.34. The van der Waals surface area contributed by atoms with Crippen LogP contribution < -0.4 is 5.32 Å². The molecule has 5 nitrogen and oxygen atoms in total. The summed E-state index contributed by atoms with van der Waals surface area (Å²) in [4.78, 5) is 14.4. The van der Waals surface area contributed by atoms with Crippen molar-refractivity contribution in [2.24, 2.45) is 7.05 Å². The molecule has 6 heteroatoms. The van der Waals surface area contributed by atoms with E-state index < -0.39 is 0 Å². The Morgan fingerprint density at radius 2 is 2.12 bits per heavy atom. The Bertz CT molecular complexity index is 390. The summed E-state index contributed by atoms with van der Waals surface area (Å²) in [7, 11) is 3.88. The van der Waals surface area contributed by atoms with Gasteiger partial charge in [-0.15, -0.1) is 0 Å². The van der Waals surface area contributed by atoms with Crippen LogP contribution in [0.2, 0.25) is 0 Å². The molecule has 0 aromatic carbocycles. The maximum absolute atomic E-state index is 12.1. The van der Waals surface area contributed by atoms with Crippen LogP contribution in [0.25, 0.3) is 0 Å². The zero-order valence-electron chi connectivity index (χ0n) is 10.1. The summed E-state index contributed by atoms with van der Waals surface area (Å²) in [5.41, 5.74) is 0.587. The standard InChI is InChI=1S/C11H17BrN4O/c1-15-5-3-8(4-6-15)14-11(17)10-9(12)7-13-16(10)2/h7-8H,3-6H2,1-2H3,(H,14,17). The van der Waals surface area contributed by atoms with Crippen LogP contribution in [0.5, 0.6) is 0 Å². The van der Waals surface area contributed by atoms with Gasteiger partial charge in [0.05, 0.1) is 10.7 Å². The first kappa shape index (κ1) is 12.6. The predicted molar refractivity (Wildman–Crippen MR) is 68.9 cm³/mol. The van der Waals surface area contributed by atoms with E-state index in [4.69, 9.17) is 0 Å². The lowest BCUT2D eigenvalue weighted by Crippen LogP contribution is -2.43. The molecule has 2 rings (SSSR count). The minimum Gasteiger partial charge on any atom is -0.348 e. The molecule has 0 bridgehead atoms. The van der Waals surface area contributed by atoms with Crippen LogP contribution in [0.15, 0.2) is 10.7 Å². The summed E-state index contributed by atoms with van der Waals surface area (Å²) < 4.78 is 2.33. The van der Waals surface area contributed by atoms with Crippen molar-refractivity contribution in [1.82, 2.24) is 20.0 Å². The van der Waals surface area contributed by atoms with Crippen LogP contribution in [-0.2, 0) is 7.05 Å². The summed E-state index contributed by atoms with van der Waals surface area (Å²) in [6.45, 7) is 2.08. The summed E-state index contributed by atoms with van der Waals surface area (Å²) in [5.74, 6) is -0.0496. The summed E-state index contributed by atoms with van der Waals surface area (Å²) in [5, 5.41) is 7.11. The number of nitrogens with one attached hydrogen (secondary N) is 1. The number of aromatic nitrogens is 2. The second kappa shape index (κ2) is 5.18. The van der Waals surface area contributed by atoms with Crippen LogP contribution in [0.4, 0.5) is 0 Å². The Morgan fingerprint density at radius 1 is 1.47 bits per heavy atom. The van der Waals surface area contributed by atoms with E-state index in [0.29, 0.717) is 5.69 Å². The minimum atomic E-state index is -0.0496. The fourth-order valence-electron chi connectivity index (χ4n) is 2.07. The van der Waals surface area contributed by atoms with Crippen molar-refractivity contribution in [2.45, 2.75) is 18.9 Å². The predicted octanol–water partition coefficient (Wildman–Crippen LogP) is 1.01. The van der Waals surface area contributed by atoms with Gasteiger partial charge in [0.25, 0.3) is 5.91 Å². The van der Waals surface area contributed by atoms with Crippen molar-refractivity contribution in [2.75, 3.05) is 20.1 Å². The van der Waals surface area contributed by atoms with Crippen molar-refractivity contribution in [3.63, 3.8) is 0 Å². The van der Waals surface area contributed by atoms with Crippen molar-refractivity contribution in [1.29, 1.82) is 0 Å². The Hall–Kier alpha value is -0.880. The molecule has 17 heavy (non-hydrogen) atoms. The highest BCUT2D eigenvalue weighted by Crippen LogP contribution is 2.16. The largest absolute Gasteiger partial charge is 0.348 e. The Labute approximate surface area is 109 Å². The number of nitrogens with zero attached hydrogens (tertiary/aromatic N) is 3. The van der Waals surface area contributed by atoms with E-state index in [2.05, 4.69) is 38.3 Å². The smallest absolute Gasteiger partial charge is 0.270 e. The number of amides is 1. The third-order valence-electron chi connectivity index (χ3n) is 3.16. The minimum absolute atomic E-state index is 0.0496. The fourth-order valence-corrected chi connectivity index (χ4v) is 2.60. The molecule has 0 atom stereocenters. The average Bonchev–Trinajstić information content (AvgIpc) is 2.62. The number of hydrogen-bond acceptors (Lipinski definition) is 3. The van der Waals surface area contributed by atoms with Gasteiger partial charge in [-0.2, -0.15) is 5.10 Å². The van der Waals surface area contributed by atoms with Gasteiger partial charge < -0.3 is 10.2 Å². The molecule has 1 N–H and O–H groups in total. The van der Waals surface area contributed by atoms with E-state index in [1.165, 1.54) is 0 Å². The molecular weight excluding hydrogens is 284 g/mol. The third-order valence-corrected chi connectivity index (χ3v) is 3.74. The zero-order chi connectivity index (χ0) is 12.4. The van der Waals surface area contributed by atoms with E-state index in [1.807, 2.05) is 0 Å². The van der Waals surface area contributed by atoms with Gasteiger partial charge >= 0.3 is 0 Å². The molecule has 0 radical (unpaired) electrons. The summed E-state index contributed by atoms with van der Waals surface area (Å²) in [6.07, 6.45) is 3.67. The van der Waals surface area contributed by atoms with Gasteiger partial charge in [-0.05, 0) is 48.9 Å². The first-order valence-corrected chi connectivity index (χ1v) is 6.54. The molecule has 1 saturated heterocycles. The Kier molecular flexibility index (Phi) is 3.83. The average molecular weight is 301 g/mol. The van der Waals surface area contributed by atoms with Crippen molar-refractivity contribution < 1.29 is 4.79 Å². The van der Waals surface area contributed by atoms with E-state index in [9.17, 15) is 4.79 Å². The van der Waals surface area contributed by atoms with Crippen LogP contribution >= 0.6 is 15.9 Å². The van der Waals surface area contributed by atoms with Gasteiger partial charge in [0.1, 0.15) is 5.69 Å². The number of halogens is 1. The lowest BCUT2D eigenvalue weighted by atomic mass is 10.1. The molecule has 94 valence electrons. The topological polar surface area (TPSA) is 50.2 Å². The summed E-state index contributed by atoms with van der Waals surface area (Å²) in [6, 6.07) is 0.278. The maximum Gasteiger partial charge on any atom is 0.270 e. The SMILES string of the molecule is CN1CCC(NC(=O)c2c(Br)cnn2C)CC1. The number of aryl methyl sites for hydroxylation is 1. The number of rotatable bonds is 2. The first-order chi connectivity index (χ1) is 8.08. The molecule has 0 spiro atoms. The Morgan fingerprint density at radius 3 is 2.65 bits per heavy atom. The molecular formula is C11H17BrN4O. The fraction of sp³-hybridized carbons (Fsp3) is 0.636. The zero-order valence-corrected chi connectivity index (χ0v) is 11.7. The van der Waals surface area contributed by atoms with E-state index in [1.54, 1.807) is 17.9 Å². The monoisotopic (exact) mass is 300 g/mol.